The van der Waals surface area contributed by atoms with E-state index < -0.39 is 40.4 Å². The average Bonchev–Trinajstić information content (AvgIpc) is 3.02. The van der Waals surface area contributed by atoms with Crippen molar-refractivity contribution in [2.75, 3.05) is 12.4 Å². The van der Waals surface area contributed by atoms with Crippen LogP contribution in [0.5, 0.6) is 0 Å². The van der Waals surface area contributed by atoms with Gasteiger partial charge in [-0.3, -0.25) is 4.99 Å². The molecule has 1 aliphatic heterocycles. The Morgan fingerprint density at radius 2 is 1.91 bits per heavy atom. The van der Waals surface area contributed by atoms with Crippen LogP contribution < -0.4 is 0 Å². The van der Waals surface area contributed by atoms with Gasteiger partial charge in [0.2, 0.25) is 6.61 Å². The fraction of sp³-hybridized carbons (Fsp3) is 0.412. The number of dihydropyridines is 1. The molecule has 32 heavy (non-hydrogen) atoms. The number of imidazole rings is 1. The third kappa shape index (κ3) is 4.92. The molecule has 0 saturated carbocycles. The van der Waals surface area contributed by atoms with E-state index in [-0.39, 0.29) is 33.4 Å². The molecule has 1 atom stereocenters. The van der Waals surface area contributed by atoms with Gasteiger partial charge in [0.1, 0.15) is 23.1 Å². The highest BCUT2D eigenvalue weighted by Crippen LogP contribution is 2.35. The molecule has 0 spiro atoms. The molecule has 0 bridgehead atoms. The summed E-state index contributed by atoms with van der Waals surface area (Å²) in [7, 11) is -2.53. The van der Waals surface area contributed by atoms with Crippen molar-refractivity contribution in [3.05, 3.63) is 34.6 Å². The van der Waals surface area contributed by atoms with Crippen molar-refractivity contribution in [3.63, 3.8) is 0 Å². The second kappa shape index (κ2) is 8.18. The number of rotatable bonds is 5. The molecule has 0 amide bonds. The highest BCUT2D eigenvalue weighted by atomic mass is 32.2. The number of sulfone groups is 1. The summed E-state index contributed by atoms with van der Waals surface area (Å²) in [5, 5.41) is 3.24. The first-order valence-electron chi connectivity index (χ1n) is 8.86. The fourth-order valence-corrected chi connectivity index (χ4v) is 3.97. The summed E-state index contributed by atoms with van der Waals surface area (Å²) in [5.41, 5.74) is -1.39. The van der Waals surface area contributed by atoms with Gasteiger partial charge in [0.05, 0.1) is 22.4 Å². The SMILES string of the molecule is CCS(=O)(=O)C1=C/C(=N/OCC(F)(F)F)C=NC1c1nc2cc(C(F)(F)F)cnc2n1C. The zero-order chi connectivity index (χ0) is 23.9. The molecule has 3 heterocycles. The van der Waals surface area contributed by atoms with Crippen LogP contribution in [-0.2, 0) is 27.9 Å². The third-order valence-electron chi connectivity index (χ3n) is 4.37. The Balaban J connectivity index is 2.05. The van der Waals surface area contributed by atoms with Gasteiger partial charge in [0.15, 0.2) is 15.5 Å². The first-order chi connectivity index (χ1) is 14.7. The maximum absolute atomic E-state index is 13.0. The molecule has 1 aliphatic rings. The highest BCUT2D eigenvalue weighted by Gasteiger charge is 2.35. The van der Waals surface area contributed by atoms with Gasteiger partial charge >= 0.3 is 12.4 Å². The minimum absolute atomic E-state index is 0.0263. The predicted octanol–water partition coefficient (Wildman–Crippen LogP) is 3.37. The number of fused-ring (bicyclic) bond motifs is 1. The summed E-state index contributed by atoms with van der Waals surface area (Å²) < 4.78 is 102. The molecule has 2 aromatic rings. The van der Waals surface area contributed by atoms with Crippen molar-refractivity contribution in [2.45, 2.75) is 25.3 Å². The van der Waals surface area contributed by atoms with Crippen molar-refractivity contribution in [1.29, 1.82) is 0 Å². The van der Waals surface area contributed by atoms with Crippen LogP contribution in [0.3, 0.4) is 0 Å². The zero-order valence-electron chi connectivity index (χ0n) is 16.4. The number of nitrogens with zero attached hydrogens (tertiary/aromatic N) is 5. The fourth-order valence-electron chi connectivity index (χ4n) is 2.83. The van der Waals surface area contributed by atoms with Gasteiger partial charge in [0.25, 0.3) is 0 Å². The average molecular weight is 483 g/mol. The molecule has 0 radical (unpaired) electrons. The monoisotopic (exact) mass is 483 g/mol. The molecule has 2 aromatic heterocycles. The quantitative estimate of drug-likeness (QED) is 0.480. The van der Waals surface area contributed by atoms with E-state index in [2.05, 4.69) is 25.0 Å². The van der Waals surface area contributed by atoms with Gasteiger partial charge in [-0.15, -0.1) is 0 Å². The number of halogens is 6. The lowest BCUT2D eigenvalue weighted by molar-refractivity contribution is -0.173. The van der Waals surface area contributed by atoms with Gasteiger partial charge < -0.3 is 9.40 Å². The van der Waals surface area contributed by atoms with Gasteiger partial charge in [-0.25, -0.2) is 18.4 Å². The van der Waals surface area contributed by atoms with Crippen molar-refractivity contribution in [1.82, 2.24) is 14.5 Å². The smallest absolute Gasteiger partial charge is 0.386 e. The maximum atomic E-state index is 13.0. The molecule has 3 rings (SSSR count). The van der Waals surface area contributed by atoms with Crippen LogP contribution in [0, 0.1) is 0 Å². The normalized spacial score (nSPS) is 18.9. The minimum atomic E-state index is -4.65. The summed E-state index contributed by atoms with van der Waals surface area (Å²) in [5.74, 6) is -0.399. The number of alkyl halides is 6. The third-order valence-corrected chi connectivity index (χ3v) is 6.19. The van der Waals surface area contributed by atoms with E-state index >= 15 is 0 Å². The molecule has 1 unspecified atom stereocenters. The predicted molar refractivity (Wildman–Crippen MR) is 102 cm³/mol. The Labute approximate surface area is 177 Å². The first-order valence-corrected chi connectivity index (χ1v) is 10.5. The Morgan fingerprint density at radius 3 is 2.50 bits per heavy atom. The van der Waals surface area contributed by atoms with E-state index in [1.165, 1.54) is 18.5 Å². The number of oxime groups is 1. The Hall–Kier alpha value is -2.97. The minimum Gasteiger partial charge on any atom is -0.386 e. The van der Waals surface area contributed by atoms with Gasteiger partial charge in [-0.1, -0.05) is 12.1 Å². The summed E-state index contributed by atoms with van der Waals surface area (Å²) in [6, 6.07) is -0.497. The van der Waals surface area contributed by atoms with Crippen molar-refractivity contribution in [3.8, 4) is 0 Å². The number of pyridine rings is 1. The molecule has 15 heteroatoms. The van der Waals surface area contributed by atoms with Crippen LogP contribution in [0.25, 0.3) is 11.2 Å². The zero-order valence-corrected chi connectivity index (χ0v) is 17.3. The van der Waals surface area contributed by atoms with Crippen LogP contribution in [0.1, 0.15) is 24.4 Å². The van der Waals surface area contributed by atoms with Crippen LogP contribution in [0.15, 0.2) is 33.4 Å². The number of aryl methyl sites for hydroxylation is 1. The van der Waals surface area contributed by atoms with Crippen molar-refractivity contribution < 1.29 is 39.6 Å². The number of aromatic nitrogens is 3. The van der Waals surface area contributed by atoms with Crippen LogP contribution >= 0.6 is 0 Å². The molecule has 8 nitrogen and oxygen atoms in total. The van der Waals surface area contributed by atoms with E-state index in [0.29, 0.717) is 6.20 Å². The summed E-state index contributed by atoms with van der Waals surface area (Å²) in [6.45, 7) is -0.343. The van der Waals surface area contributed by atoms with E-state index in [9.17, 15) is 34.8 Å². The van der Waals surface area contributed by atoms with Crippen LogP contribution in [0.2, 0.25) is 0 Å². The second-order valence-electron chi connectivity index (χ2n) is 6.63. The molecular weight excluding hydrogens is 468 g/mol. The van der Waals surface area contributed by atoms with Gasteiger partial charge in [-0.05, 0) is 12.1 Å². The van der Waals surface area contributed by atoms with E-state index in [1.54, 1.807) is 0 Å². The lowest BCUT2D eigenvalue weighted by Crippen LogP contribution is -2.22. The van der Waals surface area contributed by atoms with E-state index in [1.807, 2.05) is 0 Å². The number of hydrogen-bond donors (Lipinski definition) is 0. The maximum Gasteiger partial charge on any atom is 0.425 e. The summed E-state index contributed by atoms with van der Waals surface area (Å²) in [4.78, 5) is 15.7. The summed E-state index contributed by atoms with van der Waals surface area (Å²) >= 11 is 0. The molecule has 0 aliphatic carbocycles. The molecule has 0 fully saturated rings. The van der Waals surface area contributed by atoms with Gasteiger partial charge in [0, 0.05) is 13.2 Å². The van der Waals surface area contributed by atoms with E-state index in [0.717, 1.165) is 18.4 Å². The van der Waals surface area contributed by atoms with Crippen LogP contribution in [0.4, 0.5) is 26.3 Å². The molecule has 174 valence electrons. The number of aliphatic imine (C=N–C) groups is 1. The molecule has 0 saturated heterocycles. The highest BCUT2D eigenvalue weighted by molar-refractivity contribution is 7.95. The second-order valence-corrected chi connectivity index (χ2v) is 8.91. The first kappa shape index (κ1) is 23.7. The van der Waals surface area contributed by atoms with E-state index in [4.69, 9.17) is 0 Å². The van der Waals surface area contributed by atoms with Crippen molar-refractivity contribution in [2.24, 2.45) is 17.2 Å². The molecule has 0 N–H and O–H groups in total. The largest absolute Gasteiger partial charge is 0.425 e. The molecule has 0 aromatic carbocycles. The Morgan fingerprint density at radius 1 is 1.22 bits per heavy atom. The van der Waals surface area contributed by atoms with Crippen molar-refractivity contribution >= 4 is 32.9 Å². The summed E-state index contributed by atoms with van der Waals surface area (Å²) in [6.07, 6.45) is -6.69. The Bertz CT molecular complexity index is 1230. The Kier molecular flexibility index (Phi) is 6.06. The lowest BCUT2D eigenvalue weighted by atomic mass is 10.2. The lowest BCUT2D eigenvalue weighted by Gasteiger charge is -2.19. The molecular formula is C17H15F6N5O3S. The number of allylic oxidation sites excluding steroid dienone is 1. The standard InChI is InChI=1S/C17H15F6N5O3S/c1-3-32(29,30)12-5-10(27-31-8-16(18,19)20)7-24-13(12)15-26-11-4-9(17(21,22)23)6-25-14(11)28(15)2/h4-7,13H,3,8H2,1-2H3/b27-10-. The number of hydrogen-bond acceptors (Lipinski definition) is 7. The van der Waals surface area contributed by atoms with Crippen LogP contribution in [-0.4, -0.2) is 53.4 Å². The van der Waals surface area contributed by atoms with Gasteiger partial charge in [-0.2, -0.15) is 26.3 Å². The topological polar surface area (TPSA) is 98.8 Å².